The number of amides is 2. The van der Waals surface area contributed by atoms with Gasteiger partial charge in [0.15, 0.2) is 5.96 Å². The molecule has 0 aliphatic carbocycles. The van der Waals surface area contributed by atoms with Gasteiger partial charge in [-0.2, -0.15) is 4.99 Å². The fourth-order valence-electron chi connectivity index (χ4n) is 0.960. The van der Waals surface area contributed by atoms with Crippen molar-refractivity contribution in [3.63, 3.8) is 0 Å². The molecule has 1 aliphatic heterocycles. The fraction of sp³-hybridized carbons (Fsp3) is 0.667. The molecule has 0 saturated carbocycles. The summed E-state index contributed by atoms with van der Waals surface area (Å²) in [4.78, 5) is 23.1. The molecule has 0 radical (unpaired) electrons. The number of carbonyl (C=O) groups excluding carboxylic acids is 1. The Balaban J connectivity index is 2.28. The van der Waals surface area contributed by atoms with Gasteiger partial charge in [-0.05, 0) is 0 Å². The maximum atomic E-state index is 11.0. The molecule has 1 unspecified atom stereocenters. The lowest BCUT2D eigenvalue weighted by molar-refractivity contribution is 0.00354. The van der Waals surface area contributed by atoms with E-state index in [1.165, 1.54) is 0 Å². The summed E-state index contributed by atoms with van der Waals surface area (Å²) in [5, 5.41) is 2.35. The van der Waals surface area contributed by atoms with E-state index in [9.17, 15) is 9.36 Å². The smallest absolute Gasteiger partial charge is 0.353 e. The zero-order valence-corrected chi connectivity index (χ0v) is 9.22. The van der Waals surface area contributed by atoms with Crippen LogP contribution in [0.4, 0.5) is 4.79 Å². The van der Waals surface area contributed by atoms with Crippen molar-refractivity contribution < 1.29 is 23.5 Å². The average molecular weight is 252 g/mol. The van der Waals surface area contributed by atoms with Gasteiger partial charge in [0, 0.05) is 6.54 Å². The van der Waals surface area contributed by atoms with Crippen molar-refractivity contribution in [2.75, 3.05) is 19.5 Å². The number of nitrogens with one attached hydrogen (secondary N) is 1. The van der Waals surface area contributed by atoms with Crippen molar-refractivity contribution in [2.24, 2.45) is 16.5 Å². The van der Waals surface area contributed by atoms with Crippen molar-refractivity contribution in [1.29, 1.82) is 0 Å². The first kappa shape index (κ1) is 12.9. The Morgan fingerprint density at radius 3 is 2.81 bits per heavy atom. The largest absolute Gasteiger partial charge is 0.370 e. The molecule has 0 aromatic rings. The van der Waals surface area contributed by atoms with E-state index in [1.54, 1.807) is 0 Å². The zero-order chi connectivity index (χ0) is 12.2. The molecule has 1 saturated heterocycles. The second kappa shape index (κ2) is 5.26. The van der Waals surface area contributed by atoms with Crippen molar-refractivity contribution in [3.05, 3.63) is 0 Å². The number of urea groups is 1. The number of hydrogen-bond donors (Lipinski definition) is 4. The van der Waals surface area contributed by atoms with Crippen LogP contribution in [-0.4, -0.2) is 42.5 Å². The number of nitrogens with two attached hydrogens (primary N) is 2. The average Bonchev–Trinajstić information content (AvgIpc) is 2.15. The molecule has 92 valence electrons. The normalized spacial score (nSPS) is 29.4. The molecule has 10 heteroatoms. The summed E-state index contributed by atoms with van der Waals surface area (Å²) in [6.45, 7) is 0.0193. The fourth-order valence-corrected chi connectivity index (χ4v) is 1.83. The van der Waals surface area contributed by atoms with Gasteiger partial charge in [0.25, 0.3) is 0 Å². The Labute approximate surface area is 91.3 Å². The maximum Gasteiger partial charge on any atom is 0.353 e. The third kappa shape index (κ3) is 4.58. The molecule has 1 heterocycles. The SMILES string of the molecule is NC(N)=NC(=O)NC[C@H]1COP(=O)(O)CO1. The van der Waals surface area contributed by atoms with Crippen LogP contribution in [0, 0.1) is 0 Å². The number of hydrogen-bond acceptors (Lipinski definition) is 4. The molecule has 2 amide bonds. The number of guanidine groups is 1. The Morgan fingerprint density at radius 2 is 2.31 bits per heavy atom. The van der Waals surface area contributed by atoms with Gasteiger partial charge in [0.1, 0.15) is 6.35 Å². The van der Waals surface area contributed by atoms with E-state index in [4.69, 9.17) is 21.1 Å². The van der Waals surface area contributed by atoms with Crippen LogP contribution in [0.1, 0.15) is 0 Å². The molecular weight excluding hydrogens is 239 g/mol. The molecule has 16 heavy (non-hydrogen) atoms. The van der Waals surface area contributed by atoms with E-state index in [0.717, 1.165) is 0 Å². The summed E-state index contributed by atoms with van der Waals surface area (Å²) in [5.74, 6) is -0.349. The van der Waals surface area contributed by atoms with E-state index < -0.39 is 26.1 Å². The van der Waals surface area contributed by atoms with Crippen LogP contribution in [0.25, 0.3) is 0 Å². The summed E-state index contributed by atoms with van der Waals surface area (Å²) in [7, 11) is -3.60. The van der Waals surface area contributed by atoms with Gasteiger partial charge in [0.2, 0.25) is 0 Å². The lowest BCUT2D eigenvalue weighted by Gasteiger charge is -2.25. The van der Waals surface area contributed by atoms with Crippen molar-refractivity contribution >= 4 is 19.6 Å². The van der Waals surface area contributed by atoms with Crippen LogP contribution < -0.4 is 16.8 Å². The van der Waals surface area contributed by atoms with Crippen LogP contribution in [0.3, 0.4) is 0 Å². The molecule has 0 aromatic heterocycles. The molecule has 1 fully saturated rings. The Bertz CT molecular complexity index is 330. The van der Waals surface area contributed by atoms with Gasteiger partial charge >= 0.3 is 13.6 Å². The third-order valence-corrected chi connectivity index (χ3v) is 2.68. The summed E-state index contributed by atoms with van der Waals surface area (Å²) in [6, 6.07) is -0.707. The van der Waals surface area contributed by atoms with Gasteiger partial charge in [-0.25, -0.2) is 4.79 Å². The summed E-state index contributed by atoms with van der Waals surface area (Å²) in [5.41, 5.74) is 9.96. The third-order valence-electron chi connectivity index (χ3n) is 1.65. The molecule has 1 rings (SSSR count). The summed E-state index contributed by atoms with van der Waals surface area (Å²) >= 11 is 0. The summed E-state index contributed by atoms with van der Waals surface area (Å²) in [6.07, 6.45) is -0.886. The van der Waals surface area contributed by atoms with Gasteiger partial charge in [-0.3, -0.25) is 4.57 Å². The standard InChI is InChI=1S/C6H13N4O5P/c7-5(8)10-6(11)9-1-4-2-15-16(12,13)3-14-4/h4H,1-3H2,(H,12,13)(H5,7,8,9,10,11)/t4-/m0/s1. The Hall–Kier alpha value is -1.15. The first-order valence-corrected chi connectivity index (χ1v) is 6.11. The molecule has 0 spiro atoms. The van der Waals surface area contributed by atoms with Crippen LogP contribution in [-0.2, 0) is 13.8 Å². The second-order valence-corrected chi connectivity index (χ2v) is 4.87. The molecular formula is C6H13N4O5P. The number of nitrogens with zero attached hydrogens (tertiary/aromatic N) is 1. The monoisotopic (exact) mass is 252 g/mol. The lowest BCUT2D eigenvalue weighted by Crippen LogP contribution is -2.38. The minimum atomic E-state index is -3.60. The van der Waals surface area contributed by atoms with Gasteiger partial charge in [-0.1, -0.05) is 0 Å². The van der Waals surface area contributed by atoms with Gasteiger partial charge < -0.3 is 30.9 Å². The van der Waals surface area contributed by atoms with Gasteiger partial charge in [0.05, 0.1) is 12.7 Å². The van der Waals surface area contributed by atoms with E-state index in [-0.39, 0.29) is 19.1 Å². The number of ether oxygens (including phenoxy) is 1. The van der Waals surface area contributed by atoms with Crippen LogP contribution in [0.15, 0.2) is 4.99 Å². The zero-order valence-electron chi connectivity index (χ0n) is 8.33. The van der Waals surface area contributed by atoms with Crippen LogP contribution in [0.5, 0.6) is 0 Å². The number of aliphatic imine (C=N–C) groups is 1. The van der Waals surface area contributed by atoms with E-state index in [1.807, 2.05) is 0 Å². The highest BCUT2D eigenvalue weighted by Crippen LogP contribution is 2.44. The highest BCUT2D eigenvalue weighted by Gasteiger charge is 2.29. The molecule has 0 bridgehead atoms. The van der Waals surface area contributed by atoms with Crippen molar-refractivity contribution in [2.45, 2.75) is 6.10 Å². The Kier molecular flexibility index (Phi) is 4.25. The van der Waals surface area contributed by atoms with Crippen molar-refractivity contribution in [1.82, 2.24) is 5.32 Å². The van der Waals surface area contributed by atoms with Crippen LogP contribution >= 0.6 is 7.60 Å². The predicted octanol–water partition coefficient (Wildman–Crippen LogP) is -1.47. The topological polar surface area (TPSA) is 149 Å². The maximum absolute atomic E-state index is 11.0. The quantitative estimate of drug-likeness (QED) is 0.266. The minimum absolute atomic E-state index is 0.0735. The molecule has 9 nitrogen and oxygen atoms in total. The first-order valence-electron chi connectivity index (χ1n) is 4.34. The molecule has 1 aliphatic rings. The highest BCUT2D eigenvalue weighted by molar-refractivity contribution is 7.52. The van der Waals surface area contributed by atoms with E-state index in [2.05, 4.69) is 14.8 Å². The number of rotatable bonds is 2. The van der Waals surface area contributed by atoms with Crippen molar-refractivity contribution in [3.8, 4) is 0 Å². The minimum Gasteiger partial charge on any atom is -0.370 e. The highest BCUT2D eigenvalue weighted by atomic mass is 31.2. The lowest BCUT2D eigenvalue weighted by atomic mass is 10.4. The molecule has 6 N–H and O–H groups in total. The number of carbonyl (C=O) groups is 1. The second-order valence-electron chi connectivity index (χ2n) is 3.07. The van der Waals surface area contributed by atoms with E-state index >= 15 is 0 Å². The Morgan fingerprint density at radius 1 is 1.62 bits per heavy atom. The predicted molar refractivity (Wildman–Crippen MR) is 54.7 cm³/mol. The molecule has 0 aromatic carbocycles. The van der Waals surface area contributed by atoms with Crippen LogP contribution in [0.2, 0.25) is 0 Å². The summed E-state index contributed by atoms with van der Waals surface area (Å²) < 4.78 is 20.6. The van der Waals surface area contributed by atoms with E-state index in [0.29, 0.717) is 0 Å². The van der Waals surface area contributed by atoms with Gasteiger partial charge in [-0.15, -0.1) is 0 Å². The molecule has 2 atom stereocenters. The first-order chi connectivity index (χ1) is 7.39.